The Morgan fingerprint density at radius 1 is 1.00 bits per heavy atom. The Balaban J connectivity index is 1.42. The van der Waals surface area contributed by atoms with Gasteiger partial charge >= 0.3 is 0 Å². The molecule has 0 N–H and O–H groups in total. The third kappa shape index (κ3) is 5.56. The second-order valence-corrected chi connectivity index (χ2v) is 9.57. The number of carbonyl (C=O) groups is 1. The minimum absolute atomic E-state index is 0.0621. The maximum absolute atomic E-state index is 12.8. The number of hydrogen-bond donors (Lipinski definition) is 0. The van der Waals surface area contributed by atoms with Gasteiger partial charge < -0.3 is 4.90 Å². The standard InChI is InChI=1S/C27H30N2OS/c1-20-12-13-25(21(2)18-20)31-26-11-4-3-9-23(26)19-22-8-7-16-29(17-14-22)27(30)24-10-5-6-15-28-24/h3-6,9-13,15,18,22H,7-8,14,16-17,19H2,1-2H3. The number of aromatic nitrogens is 1. The van der Waals surface area contributed by atoms with Crippen LogP contribution in [0.2, 0.25) is 0 Å². The van der Waals surface area contributed by atoms with Crippen LogP contribution in [0.25, 0.3) is 0 Å². The lowest BCUT2D eigenvalue weighted by Crippen LogP contribution is -2.32. The normalized spacial score (nSPS) is 16.7. The van der Waals surface area contributed by atoms with E-state index in [4.69, 9.17) is 0 Å². The molecule has 0 radical (unpaired) electrons. The average molecular weight is 431 g/mol. The van der Waals surface area contributed by atoms with Crippen LogP contribution in [-0.4, -0.2) is 28.9 Å². The summed E-state index contributed by atoms with van der Waals surface area (Å²) < 4.78 is 0. The molecule has 31 heavy (non-hydrogen) atoms. The molecule has 1 aliphatic rings. The molecule has 0 aliphatic carbocycles. The third-order valence-electron chi connectivity index (χ3n) is 6.05. The zero-order valence-electron chi connectivity index (χ0n) is 18.4. The summed E-state index contributed by atoms with van der Waals surface area (Å²) in [5.41, 5.74) is 4.61. The fourth-order valence-electron chi connectivity index (χ4n) is 4.34. The van der Waals surface area contributed by atoms with Crippen LogP contribution in [0.3, 0.4) is 0 Å². The molecule has 1 atom stereocenters. The first-order valence-electron chi connectivity index (χ1n) is 11.1. The minimum Gasteiger partial charge on any atom is -0.337 e. The number of aryl methyl sites for hydroxylation is 2. The van der Waals surface area contributed by atoms with E-state index < -0.39 is 0 Å². The summed E-state index contributed by atoms with van der Waals surface area (Å²) in [7, 11) is 0. The first-order chi connectivity index (χ1) is 15.1. The van der Waals surface area contributed by atoms with E-state index in [0.717, 1.165) is 38.8 Å². The lowest BCUT2D eigenvalue weighted by Gasteiger charge is -2.20. The van der Waals surface area contributed by atoms with E-state index in [1.807, 2.05) is 34.9 Å². The van der Waals surface area contributed by atoms with Crippen molar-refractivity contribution in [2.24, 2.45) is 5.92 Å². The summed E-state index contributed by atoms with van der Waals surface area (Å²) in [6.07, 6.45) is 6.02. The summed E-state index contributed by atoms with van der Waals surface area (Å²) in [6, 6.07) is 21.0. The molecule has 160 valence electrons. The Labute approximate surface area is 189 Å². The second-order valence-electron chi connectivity index (χ2n) is 8.49. The average Bonchev–Trinajstić information content (AvgIpc) is 3.02. The summed E-state index contributed by atoms with van der Waals surface area (Å²) in [5, 5.41) is 0. The fraction of sp³-hybridized carbons (Fsp3) is 0.333. The van der Waals surface area contributed by atoms with Crippen LogP contribution in [-0.2, 0) is 6.42 Å². The molecule has 4 rings (SSSR count). The highest BCUT2D eigenvalue weighted by atomic mass is 32.2. The van der Waals surface area contributed by atoms with E-state index in [2.05, 4.69) is 61.3 Å². The van der Waals surface area contributed by atoms with Crippen LogP contribution >= 0.6 is 11.8 Å². The molecule has 1 saturated heterocycles. The minimum atomic E-state index is 0.0621. The molecular weight excluding hydrogens is 400 g/mol. The number of rotatable bonds is 5. The van der Waals surface area contributed by atoms with Crippen molar-refractivity contribution < 1.29 is 4.79 Å². The van der Waals surface area contributed by atoms with Crippen LogP contribution in [0.1, 0.15) is 46.4 Å². The predicted molar refractivity (Wildman–Crippen MR) is 128 cm³/mol. The van der Waals surface area contributed by atoms with Crippen molar-refractivity contribution in [2.45, 2.75) is 49.3 Å². The van der Waals surface area contributed by atoms with Crippen LogP contribution < -0.4 is 0 Å². The van der Waals surface area contributed by atoms with E-state index in [1.54, 1.807) is 6.20 Å². The van der Waals surface area contributed by atoms with Crippen molar-refractivity contribution in [3.63, 3.8) is 0 Å². The van der Waals surface area contributed by atoms with Crippen molar-refractivity contribution in [2.75, 3.05) is 13.1 Å². The number of hydrogen-bond acceptors (Lipinski definition) is 3. The molecule has 0 spiro atoms. The molecule has 1 aromatic heterocycles. The largest absolute Gasteiger partial charge is 0.337 e. The Morgan fingerprint density at radius 2 is 1.84 bits per heavy atom. The Hall–Kier alpha value is -2.59. The molecule has 0 saturated carbocycles. The second kappa shape index (κ2) is 10.1. The summed E-state index contributed by atoms with van der Waals surface area (Å²) in [6.45, 7) is 5.97. The van der Waals surface area contributed by atoms with Gasteiger partial charge in [0.05, 0.1) is 0 Å². The maximum atomic E-state index is 12.8. The summed E-state index contributed by atoms with van der Waals surface area (Å²) in [5.74, 6) is 0.662. The van der Waals surface area contributed by atoms with Gasteiger partial charge in [-0.3, -0.25) is 9.78 Å². The van der Waals surface area contributed by atoms with Gasteiger partial charge in [0, 0.05) is 29.1 Å². The Morgan fingerprint density at radius 3 is 2.65 bits per heavy atom. The van der Waals surface area contributed by atoms with E-state index in [1.165, 1.54) is 26.5 Å². The van der Waals surface area contributed by atoms with E-state index in [-0.39, 0.29) is 5.91 Å². The van der Waals surface area contributed by atoms with Gasteiger partial charge in [-0.1, -0.05) is 53.7 Å². The van der Waals surface area contributed by atoms with Gasteiger partial charge in [-0.15, -0.1) is 0 Å². The molecule has 2 aromatic carbocycles. The fourth-order valence-corrected chi connectivity index (χ4v) is 5.36. The third-order valence-corrected chi connectivity index (χ3v) is 7.35. The number of likely N-dealkylation sites (tertiary alicyclic amines) is 1. The maximum Gasteiger partial charge on any atom is 0.272 e. The summed E-state index contributed by atoms with van der Waals surface area (Å²) >= 11 is 1.87. The van der Waals surface area contributed by atoms with Crippen molar-refractivity contribution in [1.29, 1.82) is 0 Å². The molecule has 4 heteroatoms. The zero-order chi connectivity index (χ0) is 21.6. The molecule has 2 heterocycles. The number of benzene rings is 2. The van der Waals surface area contributed by atoms with E-state index in [9.17, 15) is 4.79 Å². The quantitative estimate of drug-likeness (QED) is 0.474. The van der Waals surface area contributed by atoms with E-state index in [0.29, 0.717) is 11.6 Å². The Bertz CT molecular complexity index is 1030. The number of nitrogens with zero attached hydrogens (tertiary/aromatic N) is 2. The van der Waals surface area contributed by atoms with Crippen LogP contribution in [0.5, 0.6) is 0 Å². The van der Waals surface area contributed by atoms with Gasteiger partial charge in [0.2, 0.25) is 0 Å². The molecule has 1 unspecified atom stereocenters. The van der Waals surface area contributed by atoms with Crippen molar-refractivity contribution in [3.8, 4) is 0 Å². The highest BCUT2D eigenvalue weighted by molar-refractivity contribution is 7.99. The van der Waals surface area contributed by atoms with Gasteiger partial charge in [-0.05, 0) is 80.8 Å². The first kappa shape index (κ1) is 21.6. The molecule has 1 fully saturated rings. The molecule has 3 nitrogen and oxygen atoms in total. The first-order valence-corrected chi connectivity index (χ1v) is 11.9. The van der Waals surface area contributed by atoms with Crippen molar-refractivity contribution in [1.82, 2.24) is 9.88 Å². The predicted octanol–water partition coefficient (Wildman–Crippen LogP) is 6.33. The zero-order valence-corrected chi connectivity index (χ0v) is 19.2. The van der Waals surface area contributed by atoms with Gasteiger partial charge in [0.25, 0.3) is 5.91 Å². The van der Waals surface area contributed by atoms with Gasteiger partial charge in [0.1, 0.15) is 5.69 Å². The number of pyridine rings is 1. The SMILES string of the molecule is Cc1ccc(Sc2ccccc2CC2CCCN(C(=O)c3ccccn3)CC2)c(C)c1. The topological polar surface area (TPSA) is 33.2 Å². The highest BCUT2D eigenvalue weighted by Gasteiger charge is 2.23. The molecular formula is C27H30N2OS. The molecule has 3 aromatic rings. The lowest BCUT2D eigenvalue weighted by molar-refractivity contribution is 0.0754. The lowest BCUT2D eigenvalue weighted by atomic mass is 9.93. The molecule has 1 amide bonds. The monoisotopic (exact) mass is 430 g/mol. The smallest absolute Gasteiger partial charge is 0.272 e. The van der Waals surface area contributed by atoms with Gasteiger partial charge in [0.15, 0.2) is 0 Å². The Kier molecular flexibility index (Phi) is 7.08. The van der Waals surface area contributed by atoms with Crippen molar-refractivity contribution in [3.05, 3.63) is 89.2 Å². The van der Waals surface area contributed by atoms with Gasteiger partial charge in [-0.2, -0.15) is 0 Å². The van der Waals surface area contributed by atoms with Gasteiger partial charge in [-0.25, -0.2) is 0 Å². The number of amides is 1. The van der Waals surface area contributed by atoms with E-state index >= 15 is 0 Å². The number of carbonyl (C=O) groups excluding carboxylic acids is 1. The van der Waals surface area contributed by atoms with Crippen molar-refractivity contribution >= 4 is 17.7 Å². The molecule has 0 bridgehead atoms. The molecule has 1 aliphatic heterocycles. The van der Waals surface area contributed by atoms with Crippen LogP contribution in [0, 0.1) is 19.8 Å². The van der Waals surface area contributed by atoms with Crippen LogP contribution in [0.4, 0.5) is 0 Å². The highest BCUT2D eigenvalue weighted by Crippen LogP contribution is 2.35. The summed E-state index contributed by atoms with van der Waals surface area (Å²) in [4.78, 5) is 21.7. The van der Waals surface area contributed by atoms with Crippen LogP contribution in [0.15, 0.2) is 76.7 Å².